The van der Waals surface area contributed by atoms with Gasteiger partial charge in [0.05, 0.1) is 58.0 Å². The second-order valence-corrected chi connectivity index (χ2v) is 46.9. The molecule has 13 heterocycles. The standard InChI is InChI=1S/C28H32N4O4S.C27H35F3N4O4S.C24H27N5O3S.C23H24ClN5O4S/c1-19-17-28(2,3)32(18-19)26-22(12-8-16-29-26)27(33)31-37(34,35)25-15-7-14-24(30-25)36-23-13-6-10-20-9-4-5-11-21(20)23;1-17(2)15-38-21-11-19(10-20(28)12-21)23-7-6-22(24(31-23)34-14-18(3)13-26(34,4)5)25(35)32-39(36,37)33-9-8-27(29,30)16-33;1-16-14-24(2,3)29(15-16)22-18(11-12-19(27-22)17-8-5-4-6-9-17)23(30)28-33(31,32)20-10-7-13-26-21(20)25;1-15-11-23(2,3)29(14-15)21-18(6-5-9-26-21)22(30)28-34(31,32)20-8-4-7-19(27-20)33-17-10-16(24)12-25-13-17/h6-8,10,12-16,19H,4-5,9,11,17-18H2,1-3H3,(H,31,33);6-7,10-12,17-18H,8-9,13-16H2,1-5H3,(H,32,35);4-13,16H,14-15H2,1-3H3,(H2,25,26)(H,28,30);4-10,12-13,15H,11,14H2,1-3H3,(H,28,30)/t;18-;16-;/m.00./s1. The summed E-state index contributed by atoms with van der Waals surface area (Å²) in [6.07, 6.45) is 14.6. The highest BCUT2D eigenvalue weighted by molar-refractivity contribution is 7.90. The maximum Gasteiger partial charge on any atom is 0.304 e. The Morgan fingerprint density at radius 3 is 1.43 bits per heavy atom. The molecule has 2 unspecified atom stereocenters. The molecule has 0 radical (unpaired) electrons. The minimum atomic E-state index is -4.50. The first kappa shape index (κ1) is 106. The molecule has 11 aromatic rings. The van der Waals surface area contributed by atoms with Crippen LogP contribution in [0, 0.1) is 35.4 Å². The molecule has 5 saturated heterocycles. The Balaban J connectivity index is 0.000000152. The van der Waals surface area contributed by atoms with E-state index in [0.29, 0.717) is 98.4 Å². The summed E-state index contributed by atoms with van der Waals surface area (Å²) in [5, 5.41) is -0.297. The maximum atomic E-state index is 14.5. The van der Waals surface area contributed by atoms with E-state index in [1.165, 1.54) is 90.9 Å². The highest BCUT2D eigenvalue weighted by Gasteiger charge is 2.47. The number of nitrogen functional groups attached to an aromatic ring is 1. The van der Waals surface area contributed by atoms with Gasteiger partial charge in [0.2, 0.25) is 11.8 Å². The smallest absolute Gasteiger partial charge is 0.304 e. The van der Waals surface area contributed by atoms with Crippen molar-refractivity contribution in [1.82, 2.24) is 63.1 Å². The van der Waals surface area contributed by atoms with E-state index in [4.69, 9.17) is 41.5 Å². The van der Waals surface area contributed by atoms with Crippen LogP contribution in [0.25, 0.3) is 22.5 Å². The first-order chi connectivity index (χ1) is 67.3. The lowest BCUT2D eigenvalue weighted by Gasteiger charge is -2.34. The minimum absolute atomic E-state index is 0.00858. The number of sulfonamides is 3. The number of nitrogens with zero attached hydrogens (tertiary/aromatic N) is 13. The van der Waals surface area contributed by atoms with E-state index >= 15 is 0 Å². The van der Waals surface area contributed by atoms with Crippen molar-refractivity contribution in [3.05, 3.63) is 245 Å². The molecule has 41 heteroatoms. The predicted octanol–water partition coefficient (Wildman–Crippen LogP) is 17.3. The lowest BCUT2D eigenvalue weighted by molar-refractivity contribution is 0.0182. The largest absolute Gasteiger partial charge is 0.493 e. The van der Waals surface area contributed by atoms with Gasteiger partial charge in [0, 0.05) is 121 Å². The molecule has 17 rings (SSSR count). The van der Waals surface area contributed by atoms with Crippen molar-refractivity contribution < 1.29 is 80.2 Å². The van der Waals surface area contributed by atoms with Crippen molar-refractivity contribution in [1.29, 1.82) is 0 Å². The monoisotopic (exact) mass is 2050 g/mol. The molecule has 6 aliphatic rings. The van der Waals surface area contributed by atoms with E-state index < -0.39 is 101 Å². The number of aromatic nitrogens is 8. The van der Waals surface area contributed by atoms with Crippen molar-refractivity contribution in [2.75, 3.05) is 71.2 Å². The zero-order valence-corrected chi connectivity index (χ0v) is 85.9. The van der Waals surface area contributed by atoms with Gasteiger partial charge in [-0.15, -0.1) is 0 Å². The number of hydrogen-bond acceptors (Lipinski definition) is 28. The van der Waals surface area contributed by atoms with E-state index in [1.807, 2.05) is 84.7 Å². The number of alkyl halides is 2. The topological polar surface area (TPSA) is 426 Å². The van der Waals surface area contributed by atoms with Gasteiger partial charge >= 0.3 is 10.2 Å². The van der Waals surface area contributed by atoms with Crippen molar-refractivity contribution in [2.24, 2.45) is 29.6 Å². The van der Waals surface area contributed by atoms with Gasteiger partial charge in [-0.05, 0) is 238 Å². The Bertz CT molecular complexity index is 7080. The van der Waals surface area contributed by atoms with Crippen molar-refractivity contribution in [2.45, 2.75) is 198 Å². The molecule has 0 saturated carbocycles. The van der Waals surface area contributed by atoms with E-state index in [0.717, 1.165) is 75.6 Å². The van der Waals surface area contributed by atoms with E-state index in [2.05, 4.69) is 129 Å². The Morgan fingerprint density at radius 1 is 0.483 bits per heavy atom. The molecule has 5 aliphatic heterocycles. The summed E-state index contributed by atoms with van der Waals surface area (Å²) in [4.78, 5) is 95.1. The summed E-state index contributed by atoms with van der Waals surface area (Å²) < 4.78 is 172. The summed E-state index contributed by atoms with van der Waals surface area (Å²) in [6.45, 7) is 30.7. The second-order valence-electron chi connectivity index (χ2n) is 39.9. The number of rotatable bonds is 25. The highest BCUT2D eigenvalue weighted by Crippen LogP contribution is 2.45. The van der Waals surface area contributed by atoms with E-state index in [9.17, 15) is 66.0 Å². The van der Waals surface area contributed by atoms with Crippen LogP contribution >= 0.6 is 11.6 Å². The molecule has 8 aromatic heterocycles. The normalized spacial score (nSPS) is 18.8. The van der Waals surface area contributed by atoms with Gasteiger partial charge in [-0.3, -0.25) is 24.2 Å². The summed E-state index contributed by atoms with van der Waals surface area (Å²) >= 11 is 5.90. The first-order valence-corrected chi connectivity index (χ1v) is 53.3. The number of amides is 4. The number of anilines is 5. The number of pyridine rings is 8. The Hall–Kier alpha value is -13.0. The van der Waals surface area contributed by atoms with Crippen LogP contribution in [-0.4, -0.2) is 175 Å². The van der Waals surface area contributed by atoms with Crippen molar-refractivity contribution in [3.63, 3.8) is 0 Å². The van der Waals surface area contributed by atoms with Gasteiger partial charge in [0.1, 0.15) is 57.1 Å². The first-order valence-electron chi connectivity index (χ1n) is 47.0. The SMILES string of the molecule is CC(C)COc1cc(F)cc(-c2ccc(C(=O)NS(=O)(=O)N3CCC(F)(F)C3)c(N3C[C@@H](C)CC3(C)C)n2)c1.CC1CN(c2ncccc2C(=O)NS(=O)(=O)c2cccc(Oc3cccc4c3CCCC4)n2)C(C)(C)C1.CC1CN(c2ncccc2C(=O)NS(=O)(=O)c2cccc(Oc3cncc(Cl)c3)n2)C(C)(C)C1.C[C@@H]1CN(c2nc(-c3ccccc3)ccc2C(=O)NS(=O)(=O)c2cccnc2N)C(C)(C)C1. The molecule has 5 fully saturated rings. The van der Waals surface area contributed by atoms with Gasteiger partial charge in [-0.25, -0.2) is 65.4 Å². The molecular formula is C102H118ClF3N18O15S4. The zero-order valence-electron chi connectivity index (χ0n) is 81.9. The average Bonchev–Trinajstić information content (AvgIpc) is 1.67. The third kappa shape index (κ3) is 25.6. The van der Waals surface area contributed by atoms with Gasteiger partial charge < -0.3 is 39.5 Å². The summed E-state index contributed by atoms with van der Waals surface area (Å²) in [5.41, 5.74) is 9.98. The Kier molecular flexibility index (Phi) is 31.7. The zero-order chi connectivity index (χ0) is 103. The van der Waals surface area contributed by atoms with Crippen LogP contribution in [0.1, 0.15) is 194 Å². The summed E-state index contributed by atoms with van der Waals surface area (Å²) in [6, 6.07) is 45.5. The number of nitrogens with one attached hydrogen (secondary N) is 4. The van der Waals surface area contributed by atoms with Crippen molar-refractivity contribution >= 4 is 105 Å². The van der Waals surface area contributed by atoms with Gasteiger partial charge in [0.15, 0.2) is 10.1 Å². The van der Waals surface area contributed by atoms with Crippen molar-refractivity contribution in [3.8, 4) is 51.5 Å². The molecule has 33 nitrogen and oxygen atoms in total. The second kappa shape index (κ2) is 42.9. The lowest BCUT2D eigenvalue weighted by Crippen LogP contribution is -2.44. The molecule has 143 heavy (non-hydrogen) atoms. The summed E-state index contributed by atoms with van der Waals surface area (Å²) in [7, 11) is -17.3. The minimum Gasteiger partial charge on any atom is -0.493 e. The van der Waals surface area contributed by atoms with Crippen LogP contribution in [0.4, 0.5) is 42.3 Å². The fourth-order valence-electron chi connectivity index (χ4n) is 19.3. The molecule has 3 aromatic carbocycles. The number of nitrogens with two attached hydrogens (primary N) is 1. The molecule has 0 bridgehead atoms. The molecule has 4 amide bonds. The number of fused-ring (bicyclic) bond motifs is 1. The number of ether oxygens (including phenoxy) is 3. The fourth-order valence-corrected chi connectivity index (χ4v) is 23.5. The Labute approximate surface area is 837 Å². The number of aryl methyl sites for hydroxylation is 1. The maximum absolute atomic E-state index is 14.5. The van der Waals surface area contributed by atoms with Crippen LogP contribution in [0.15, 0.2) is 216 Å². The number of carbonyl (C=O) groups is 4. The lowest BCUT2D eigenvalue weighted by atomic mass is 9.91. The van der Waals surface area contributed by atoms with Crippen LogP contribution in [0.3, 0.4) is 0 Å². The van der Waals surface area contributed by atoms with E-state index in [-0.39, 0.29) is 89.0 Å². The third-order valence-corrected chi connectivity index (χ3v) is 30.8. The molecule has 6 N–H and O–H groups in total. The highest BCUT2D eigenvalue weighted by atomic mass is 35.5. The van der Waals surface area contributed by atoms with Crippen LogP contribution in [-0.2, 0) is 53.1 Å². The number of carbonyl (C=O) groups excluding carboxylic acids is 4. The number of benzene rings is 3. The molecular weight excluding hydrogens is 1940 g/mol. The molecule has 1 aliphatic carbocycles. The molecule has 4 atom stereocenters. The van der Waals surface area contributed by atoms with E-state index in [1.54, 1.807) is 67.0 Å². The van der Waals surface area contributed by atoms with Crippen LogP contribution in [0.5, 0.6) is 29.0 Å². The van der Waals surface area contributed by atoms with Gasteiger partial charge in [-0.2, -0.15) is 39.5 Å². The van der Waals surface area contributed by atoms with Crippen LogP contribution in [0.2, 0.25) is 5.02 Å². The fraction of sp³-hybridized carbons (Fsp3) is 0.392. The quantitative estimate of drug-likeness (QED) is 0.0355. The Morgan fingerprint density at radius 2 is 0.944 bits per heavy atom. The predicted molar refractivity (Wildman–Crippen MR) is 540 cm³/mol. The molecule has 0 spiro atoms. The number of hydrogen-bond donors (Lipinski definition) is 5. The van der Waals surface area contributed by atoms with Gasteiger partial charge in [0.25, 0.3) is 59.6 Å². The third-order valence-electron chi connectivity index (χ3n) is 25.3. The summed E-state index contributed by atoms with van der Waals surface area (Å²) in [5.74, 6) is -2.27. The average molecular weight is 2060 g/mol. The van der Waals surface area contributed by atoms with Gasteiger partial charge in [-0.1, -0.05) is 108 Å². The van der Waals surface area contributed by atoms with Crippen LogP contribution < -0.4 is 58.4 Å². The molecule has 758 valence electrons. The number of halogens is 4.